The van der Waals surface area contributed by atoms with E-state index >= 15 is 0 Å². The number of pyridine rings is 1. The predicted octanol–water partition coefficient (Wildman–Crippen LogP) is 2.30. The number of nitrogens with zero attached hydrogens (tertiary/aromatic N) is 1. The largest absolute Gasteiger partial charge is 0.398 e. The van der Waals surface area contributed by atoms with E-state index in [1.807, 2.05) is 30.5 Å². The smallest absolute Gasteiger partial charge is 0.0944 e. The van der Waals surface area contributed by atoms with E-state index in [4.69, 9.17) is 5.73 Å². The molecule has 0 aliphatic rings. The summed E-state index contributed by atoms with van der Waals surface area (Å²) in [5.41, 5.74) is 8.64. The minimum atomic E-state index is 0.781. The molecular formula is C11H9N3. The van der Waals surface area contributed by atoms with Crippen molar-refractivity contribution in [1.29, 1.82) is 0 Å². The van der Waals surface area contributed by atoms with Crippen molar-refractivity contribution in [3.05, 3.63) is 36.7 Å². The second-order valence-corrected chi connectivity index (χ2v) is 3.30. The van der Waals surface area contributed by atoms with Crippen molar-refractivity contribution in [3.63, 3.8) is 0 Å². The zero-order valence-electron chi connectivity index (χ0n) is 7.49. The van der Waals surface area contributed by atoms with Gasteiger partial charge < -0.3 is 10.7 Å². The summed E-state index contributed by atoms with van der Waals surface area (Å²) >= 11 is 0. The SMILES string of the molecule is Nc1cc[nH]c2c1ccc1ccnc12. The van der Waals surface area contributed by atoms with Crippen LogP contribution in [0.5, 0.6) is 0 Å². The molecular weight excluding hydrogens is 174 g/mol. The molecule has 0 atom stereocenters. The monoisotopic (exact) mass is 183 g/mol. The highest BCUT2D eigenvalue weighted by atomic mass is 14.7. The van der Waals surface area contributed by atoms with Crippen molar-refractivity contribution in [3.8, 4) is 0 Å². The molecule has 0 amide bonds. The Bertz CT molecular complexity index is 610. The molecule has 3 heteroatoms. The summed E-state index contributed by atoms with van der Waals surface area (Å²) < 4.78 is 0. The maximum absolute atomic E-state index is 5.87. The average Bonchev–Trinajstić information content (AvgIpc) is 2.66. The number of nitrogens with one attached hydrogen (secondary N) is 1. The molecule has 0 spiro atoms. The van der Waals surface area contributed by atoms with Gasteiger partial charge >= 0.3 is 0 Å². The number of anilines is 1. The summed E-state index contributed by atoms with van der Waals surface area (Å²) in [6.07, 6.45) is 3.65. The van der Waals surface area contributed by atoms with Crippen LogP contribution in [0.1, 0.15) is 0 Å². The number of benzene rings is 1. The van der Waals surface area contributed by atoms with Crippen LogP contribution in [0, 0.1) is 0 Å². The molecule has 3 rings (SSSR count). The maximum atomic E-state index is 5.87. The molecule has 1 aromatic carbocycles. The highest BCUT2D eigenvalue weighted by Crippen LogP contribution is 2.25. The van der Waals surface area contributed by atoms with Crippen molar-refractivity contribution in [2.24, 2.45) is 0 Å². The highest BCUT2D eigenvalue weighted by molar-refractivity contribution is 6.06. The summed E-state index contributed by atoms with van der Waals surface area (Å²) in [6.45, 7) is 0. The van der Waals surface area contributed by atoms with Gasteiger partial charge in [0.05, 0.1) is 11.0 Å². The van der Waals surface area contributed by atoms with Gasteiger partial charge in [-0.3, -0.25) is 4.98 Å². The molecule has 2 heterocycles. The van der Waals surface area contributed by atoms with Gasteiger partial charge in [-0.25, -0.2) is 0 Å². The number of nitrogen functional groups attached to an aromatic ring is 1. The quantitative estimate of drug-likeness (QED) is 0.561. The Morgan fingerprint density at radius 1 is 1.14 bits per heavy atom. The van der Waals surface area contributed by atoms with E-state index in [-0.39, 0.29) is 0 Å². The lowest BCUT2D eigenvalue weighted by Gasteiger charge is -2.02. The van der Waals surface area contributed by atoms with Crippen molar-refractivity contribution in [1.82, 2.24) is 9.97 Å². The molecule has 14 heavy (non-hydrogen) atoms. The molecule has 0 radical (unpaired) electrons. The highest BCUT2D eigenvalue weighted by Gasteiger charge is 2.03. The number of aromatic nitrogens is 2. The normalized spacial score (nSPS) is 11.1. The number of nitrogens with two attached hydrogens (primary N) is 1. The summed E-state index contributed by atoms with van der Waals surface area (Å²) in [7, 11) is 0. The van der Waals surface area contributed by atoms with Crippen LogP contribution in [-0.4, -0.2) is 9.97 Å². The number of fused-ring (bicyclic) bond motifs is 3. The van der Waals surface area contributed by atoms with Gasteiger partial charge in [-0.15, -0.1) is 0 Å². The van der Waals surface area contributed by atoms with Crippen LogP contribution in [0.25, 0.3) is 21.8 Å². The van der Waals surface area contributed by atoms with Gasteiger partial charge in [0, 0.05) is 28.9 Å². The fourth-order valence-corrected chi connectivity index (χ4v) is 1.76. The molecule has 3 aromatic rings. The van der Waals surface area contributed by atoms with Crippen LogP contribution < -0.4 is 5.73 Å². The van der Waals surface area contributed by atoms with Gasteiger partial charge in [0.2, 0.25) is 0 Å². The third kappa shape index (κ3) is 0.836. The number of aromatic amines is 1. The Balaban J connectivity index is 2.64. The van der Waals surface area contributed by atoms with Crippen molar-refractivity contribution in [2.75, 3.05) is 5.73 Å². The summed E-state index contributed by atoms with van der Waals surface area (Å²) in [6, 6.07) is 7.91. The topological polar surface area (TPSA) is 54.7 Å². The van der Waals surface area contributed by atoms with Crippen LogP contribution in [-0.2, 0) is 0 Å². The lowest BCUT2D eigenvalue weighted by Crippen LogP contribution is -1.88. The van der Waals surface area contributed by atoms with E-state index < -0.39 is 0 Å². The van der Waals surface area contributed by atoms with Crippen LogP contribution in [0.4, 0.5) is 5.69 Å². The van der Waals surface area contributed by atoms with E-state index in [0.717, 1.165) is 27.5 Å². The predicted molar refractivity (Wildman–Crippen MR) is 58.0 cm³/mol. The molecule has 0 aliphatic carbocycles. The molecule has 0 unspecified atom stereocenters. The summed E-state index contributed by atoms with van der Waals surface area (Å²) in [5, 5.41) is 2.16. The van der Waals surface area contributed by atoms with Gasteiger partial charge in [0.25, 0.3) is 0 Å². The molecule has 3 N–H and O–H groups in total. The van der Waals surface area contributed by atoms with Crippen LogP contribution in [0.15, 0.2) is 36.7 Å². The first-order chi connectivity index (χ1) is 6.86. The Kier molecular flexibility index (Phi) is 1.31. The van der Waals surface area contributed by atoms with E-state index in [0.29, 0.717) is 0 Å². The molecule has 0 saturated heterocycles. The van der Waals surface area contributed by atoms with Crippen LogP contribution >= 0.6 is 0 Å². The van der Waals surface area contributed by atoms with Gasteiger partial charge in [-0.1, -0.05) is 12.1 Å². The molecule has 3 nitrogen and oxygen atoms in total. The van der Waals surface area contributed by atoms with Gasteiger partial charge in [0.1, 0.15) is 0 Å². The van der Waals surface area contributed by atoms with Gasteiger partial charge in [-0.05, 0) is 12.1 Å². The number of hydrogen-bond donors (Lipinski definition) is 2. The number of rotatable bonds is 0. The fourth-order valence-electron chi connectivity index (χ4n) is 1.76. The van der Waals surface area contributed by atoms with Crippen molar-refractivity contribution >= 4 is 27.5 Å². The molecule has 0 fully saturated rings. The molecule has 68 valence electrons. The Morgan fingerprint density at radius 2 is 2.07 bits per heavy atom. The number of hydrogen-bond acceptors (Lipinski definition) is 2. The first-order valence-corrected chi connectivity index (χ1v) is 4.46. The Morgan fingerprint density at radius 3 is 3.00 bits per heavy atom. The molecule has 0 bridgehead atoms. The minimum absolute atomic E-state index is 0.781. The zero-order chi connectivity index (χ0) is 9.54. The van der Waals surface area contributed by atoms with Crippen LogP contribution in [0.3, 0.4) is 0 Å². The second-order valence-electron chi connectivity index (χ2n) is 3.30. The Labute approximate surface area is 80.6 Å². The third-order valence-electron chi connectivity index (χ3n) is 2.47. The second kappa shape index (κ2) is 2.48. The van der Waals surface area contributed by atoms with E-state index in [1.165, 1.54) is 0 Å². The maximum Gasteiger partial charge on any atom is 0.0944 e. The van der Waals surface area contributed by atoms with E-state index in [2.05, 4.69) is 9.97 Å². The van der Waals surface area contributed by atoms with Gasteiger partial charge in [-0.2, -0.15) is 0 Å². The summed E-state index contributed by atoms with van der Waals surface area (Å²) in [5.74, 6) is 0. The van der Waals surface area contributed by atoms with Crippen molar-refractivity contribution in [2.45, 2.75) is 0 Å². The van der Waals surface area contributed by atoms with Crippen LogP contribution in [0.2, 0.25) is 0 Å². The number of H-pyrrole nitrogens is 1. The van der Waals surface area contributed by atoms with Crippen molar-refractivity contribution < 1.29 is 0 Å². The lowest BCUT2D eigenvalue weighted by molar-refractivity contribution is 1.40. The zero-order valence-corrected chi connectivity index (χ0v) is 7.49. The summed E-state index contributed by atoms with van der Waals surface area (Å²) in [4.78, 5) is 7.48. The van der Waals surface area contributed by atoms with E-state index in [9.17, 15) is 0 Å². The van der Waals surface area contributed by atoms with Gasteiger partial charge in [0.15, 0.2) is 0 Å². The fraction of sp³-hybridized carbons (Fsp3) is 0. The minimum Gasteiger partial charge on any atom is -0.398 e. The lowest BCUT2D eigenvalue weighted by atomic mass is 10.1. The average molecular weight is 183 g/mol. The first kappa shape index (κ1) is 7.38. The Hall–Kier alpha value is -2.03. The third-order valence-corrected chi connectivity index (χ3v) is 2.47. The van der Waals surface area contributed by atoms with E-state index in [1.54, 1.807) is 6.20 Å². The molecule has 0 saturated carbocycles. The molecule has 2 aromatic heterocycles. The standard InChI is InChI=1S/C11H9N3/c12-9-4-6-14-11-8(9)2-1-7-3-5-13-10(7)11/h1-6,14H,12H2. The molecule has 0 aliphatic heterocycles. The first-order valence-electron chi connectivity index (χ1n) is 4.46.